The topological polar surface area (TPSA) is 78.7 Å². The van der Waals surface area contributed by atoms with Crippen LogP contribution in [0.25, 0.3) is 0 Å². The molecule has 2 aliphatic rings. The molecule has 1 aliphatic heterocycles. The van der Waals surface area contributed by atoms with E-state index in [-0.39, 0.29) is 23.9 Å². The molecule has 1 saturated heterocycles. The van der Waals surface area contributed by atoms with E-state index in [1.54, 1.807) is 11.9 Å². The maximum absolute atomic E-state index is 12.4. The van der Waals surface area contributed by atoms with Gasteiger partial charge in [-0.3, -0.25) is 4.79 Å². The molecule has 0 aromatic heterocycles. The van der Waals surface area contributed by atoms with Crippen LogP contribution in [0.2, 0.25) is 0 Å². The average Bonchev–Trinajstić information content (AvgIpc) is 2.92. The van der Waals surface area contributed by atoms with E-state index in [2.05, 4.69) is 41.5 Å². The highest BCUT2D eigenvalue weighted by molar-refractivity contribution is 5.79. The number of nitrogens with one attached hydrogen (secondary N) is 1. The SMILES string of the molecule is CN1C[C@@H](CNC(=O)N(C)C2CC(C(N)=O)C2)[C@H](c2ccccc2)C1. The smallest absolute Gasteiger partial charge is 0.317 e. The monoisotopic (exact) mass is 344 g/mol. The number of carbonyl (C=O) groups excluding carboxylic acids is 2. The number of hydrogen-bond donors (Lipinski definition) is 2. The third-order valence-corrected chi connectivity index (χ3v) is 5.75. The van der Waals surface area contributed by atoms with E-state index in [1.807, 2.05) is 6.07 Å². The summed E-state index contributed by atoms with van der Waals surface area (Å²) in [6.45, 7) is 2.67. The van der Waals surface area contributed by atoms with E-state index in [9.17, 15) is 9.59 Å². The minimum atomic E-state index is -0.259. The van der Waals surface area contributed by atoms with Crippen LogP contribution in [-0.4, -0.2) is 61.5 Å². The van der Waals surface area contributed by atoms with Crippen molar-refractivity contribution in [2.24, 2.45) is 17.6 Å². The molecule has 3 amide bonds. The van der Waals surface area contributed by atoms with Crippen LogP contribution in [0.1, 0.15) is 24.3 Å². The first kappa shape index (κ1) is 17.7. The molecule has 1 aromatic carbocycles. The first-order valence-corrected chi connectivity index (χ1v) is 8.99. The molecule has 6 nitrogen and oxygen atoms in total. The van der Waals surface area contributed by atoms with Crippen LogP contribution in [0.15, 0.2) is 30.3 Å². The van der Waals surface area contributed by atoms with Crippen molar-refractivity contribution in [1.29, 1.82) is 0 Å². The molecule has 1 aliphatic carbocycles. The molecule has 1 heterocycles. The molecule has 3 rings (SSSR count). The fourth-order valence-corrected chi connectivity index (χ4v) is 4.02. The minimum absolute atomic E-state index is 0.0608. The molecule has 1 saturated carbocycles. The van der Waals surface area contributed by atoms with E-state index in [0.29, 0.717) is 31.2 Å². The zero-order chi connectivity index (χ0) is 18.0. The molecular formula is C19H28N4O2. The van der Waals surface area contributed by atoms with E-state index >= 15 is 0 Å². The van der Waals surface area contributed by atoms with Crippen LogP contribution in [0, 0.1) is 11.8 Å². The number of urea groups is 1. The van der Waals surface area contributed by atoms with Crippen LogP contribution in [-0.2, 0) is 4.79 Å². The molecular weight excluding hydrogens is 316 g/mol. The Labute approximate surface area is 149 Å². The first-order valence-electron chi connectivity index (χ1n) is 8.99. The van der Waals surface area contributed by atoms with Crippen LogP contribution >= 0.6 is 0 Å². The number of hydrogen-bond acceptors (Lipinski definition) is 3. The molecule has 0 unspecified atom stereocenters. The second kappa shape index (κ2) is 7.44. The quantitative estimate of drug-likeness (QED) is 0.843. The zero-order valence-electron chi connectivity index (χ0n) is 15.0. The number of nitrogens with zero attached hydrogens (tertiary/aromatic N) is 2. The Balaban J connectivity index is 1.52. The van der Waals surface area contributed by atoms with Gasteiger partial charge in [0.15, 0.2) is 0 Å². The molecule has 6 heteroatoms. The lowest BCUT2D eigenvalue weighted by Gasteiger charge is -2.39. The summed E-state index contributed by atoms with van der Waals surface area (Å²) in [7, 11) is 3.93. The summed E-state index contributed by atoms with van der Waals surface area (Å²) >= 11 is 0. The summed E-state index contributed by atoms with van der Waals surface area (Å²) in [5.74, 6) is 0.514. The van der Waals surface area contributed by atoms with Crippen molar-refractivity contribution in [2.45, 2.75) is 24.8 Å². The number of nitrogens with two attached hydrogens (primary N) is 1. The summed E-state index contributed by atoms with van der Waals surface area (Å²) in [5.41, 5.74) is 6.63. The lowest BCUT2D eigenvalue weighted by atomic mass is 9.79. The number of primary amides is 1. The number of carbonyl (C=O) groups is 2. The third-order valence-electron chi connectivity index (χ3n) is 5.75. The van der Waals surface area contributed by atoms with Gasteiger partial charge in [-0.15, -0.1) is 0 Å². The maximum atomic E-state index is 12.4. The summed E-state index contributed by atoms with van der Waals surface area (Å²) in [4.78, 5) is 27.6. The Morgan fingerprint density at radius 1 is 1.24 bits per heavy atom. The highest BCUT2D eigenvalue weighted by atomic mass is 16.2. The van der Waals surface area contributed by atoms with Gasteiger partial charge < -0.3 is 20.9 Å². The molecule has 3 N–H and O–H groups in total. The Kier molecular flexibility index (Phi) is 5.27. The van der Waals surface area contributed by atoms with E-state index in [1.165, 1.54) is 5.56 Å². The number of likely N-dealkylation sites (N-methyl/N-ethyl adjacent to an activating group) is 1. The van der Waals surface area contributed by atoms with E-state index in [0.717, 1.165) is 13.1 Å². The predicted molar refractivity (Wildman–Crippen MR) is 97.0 cm³/mol. The summed E-state index contributed by atoms with van der Waals surface area (Å²) < 4.78 is 0. The van der Waals surface area contributed by atoms with Crippen molar-refractivity contribution in [1.82, 2.24) is 15.1 Å². The lowest BCUT2D eigenvalue weighted by Crippen LogP contribution is -2.52. The normalized spacial score (nSPS) is 29.0. The molecule has 0 radical (unpaired) electrons. The third kappa shape index (κ3) is 3.95. The first-order chi connectivity index (χ1) is 12.0. The summed E-state index contributed by atoms with van der Waals surface area (Å²) in [5, 5.41) is 3.08. The number of likely N-dealkylation sites (tertiary alicyclic amines) is 1. The lowest BCUT2D eigenvalue weighted by molar-refractivity contribution is -0.125. The van der Waals surface area contributed by atoms with Crippen molar-refractivity contribution in [3.8, 4) is 0 Å². The second-order valence-electron chi connectivity index (χ2n) is 7.52. The number of benzene rings is 1. The minimum Gasteiger partial charge on any atom is -0.369 e. The van der Waals surface area contributed by atoms with Crippen molar-refractivity contribution in [3.63, 3.8) is 0 Å². The van der Waals surface area contributed by atoms with Crippen LogP contribution in [0.5, 0.6) is 0 Å². The van der Waals surface area contributed by atoms with Gasteiger partial charge in [-0.25, -0.2) is 4.79 Å². The van der Waals surface area contributed by atoms with E-state index < -0.39 is 0 Å². The second-order valence-corrected chi connectivity index (χ2v) is 7.52. The Morgan fingerprint density at radius 2 is 1.92 bits per heavy atom. The van der Waals surface area contributed by atoms with Crippen molar-refractivity contribution >= 4 is 11.9 Å². The Hall–Kier alpha value is -2.08. The van der Waals surface area contributed by atoms with Crippen LogP contribution in [0.4, 0.5) is 4.79 Å². The van der Waals surface area contributed by atoms with Gasteiger partial charge >= 0.3 is 6.03 Å². The fraction of sp³-hybridized carbons (Fsp3) is 0.579. The van der Waals surface area contributed by atoms with Gasteiger partial charge in [0.05, 0.1) is 0 Å². The number of amides is 3. The van der Waals surface area contributed by atoms with E-state index in [4.69, 9.17) is 5.73 Å². The highest BCUT2D eigenvalue weighted by Crippen LogP contribution is 2.32. The van der Waals surface area contributed by atoms with Gasteiger partial charge in [-0.05, 0) is 31.4 Å². The zero-order valence-corrected chi connectivity index (χ0v) is 15.0. The Bertz CT molecular complexity index is 615. The van der Waals surface area contributed by atoms with Crippen LogP contribution < -0.4 is 11.1 Å². The largest absolute Gasteiger partial charge is 0.369 e. The van der Waals surface area contributed by atoms with Crippen LogP contribution in [0.3, 0.4) is 0 Å². The molecule has 0 bridgehead atoms. The highest BCUT2D eigenvalue weighted by Gasteiger charge is 2.38. The fourth-order valence-electron chi connectivity index (χ4n) is 4.02. The maximum Gasteiger partial charge on any atom is 0.317 e. The van der Waals surface area contributed by atoms with Gasteiger partial charge in [0.2, 0.25) is 5.91 Å². The molecule has 1 aromatic rings. The number of rotatable bonds is 5. The van der Waals surface area contributed by atoms with Gasteiger partial charge in [-0.2, -0.15) is 0 Å². The van der Waals surface area contributed by atoms with Gasteiger partial charge in [-0.1, -0.05) is 30.3 Å². The molecule has 2 fully saturated rings. The Morgan fingerprint density at radius 3 is 2.56 bits per heavy atom. The predicted octanol–water partition coefficient (Wildman–Crippen LogP) is 1.24. The van der Waals surface area contributed by atoms with Crippen molar-refractivity contribution in [2.75, 3.05) is 33.7 Å². The molecule has 25 heavy (non-hydrogen) atoms. The van der Waals surface area contributed by atoms with Crippen molar-refractivity contribution < 1.29 is 9.59 Å². The van der Waals surface area contributed by atoms with Crippen molar-refractivity contribution in [3.05, 3.63) is 35.9 Å². The molecule has 0 spiro atoms. The molecule has 136 valence electrons. The summed E-state index contributed by atoms with van der Waals surface area (Å²) in [6, 6.07) is 10.6. The molecule has 2 atom stereocenters. The average molecular weight is 344 g/mol. The summed E-state index contributed by atoms with van der Waals surface area (Å²) in [6.07, 6.45) is 1.36. The van der Waals surface area contributed by atoms with Gasteiger partial charge in [0, 0.05) is 44.6 Å². The van der Waals surface area contributed by atoms with Gasteiger partial charge in [0.25, 0.3) is 0 Å². The van der Waals surface area contributed by atoms with Gasteiger partial charge in [0.1, 0.15) is 0 Å². The standard InChI is InChI=1S/C19H28N4O2/c1-22-11-15(17(12-22)13-6-4-3-5-7-13)10-21-19(25)23(2)16-8-14(9-16)18(20)24/h3-7,14-17H,8-12H2,1-2H3,(H2,20,24)(H,21,25)/t14?,15-,16?,17+/m1/s1.